The molecule has 1 aliphatic rings. The number of carbonyl (C=O) groups is 3. The van der Waals surface area contributed by atoms with E-state index in [9.17, 15) is 19.5 Å². The second kappa shape index (κ2) is 5.27. The predicted octanol–water partition coefficient (Wildman–Crippen LogP) is 2.02. The molecular formula is C13H11NO4S. The van der Waals surface area contributed by atoms with Gasteiger partial charge in [0.05, 0.1) is 11.4 Å². The summed E-state index contributed by atoms with van der Waals surface area (Å²) < 4.78 is 0. The summed E-state index contributed by atoms with van der Waals surface area (Å²) in [5.41, 5.74) is 0.454. The van der Waals surface area contributed by atoms with Crippen LogP contribution in [0.3, 0.4) is 0 Å². The van der Waals surface area contributed by atoms with Crippen LogP contribution < -0.4 is 0 Å². The number of aromatic hydroxyl groups is 1. The average molecular weight is 277 g/mol. The summed E-state index contributed by atoms with van der Waals surface area (Å²) in [7, 11) is 0. The molecule has 0 aliphatic carbocycles. The molecule has 0 bridgehead atoms. The van der Waals surface area contributed by atoms with Gasteiger partial charge in [-0.15, -0.1) is 0 Å². The maximum atomic E-state index is 11.9. The Kier molecular flexibility index (Phi) is 3.71. The normalized spacial score (nSPS) is 17.3. The van der Waals surface area contributed by atoms with Gasteiger partial charge in [0.25, 0.3) is 11.1 Å². The summed E-state index contributed by atoms with van der Waals surface area (Å²) >= 11 is 0.763. The van der Waals surface area contributed by atoms with Crippen LogP contribution in [0.2, 0.25) is 0 Å². The minimum atomic E-state index is -0.506. The van der Waals surface area contributed by atoms with Crippen LogP contribution in [0.15, 0.2) is 29.2 Å². The van der Waals surface area contributed by atoms with E-state index in [1.165, 1.54) is 19.1 Å². The predicted molar refractivity (Wildman–Crippen MR) is 71.5 cm³/mol. The fourth-order valence-electron chi connectivity index (χ4n) is 1.61. The Labute approximate surface area is 113 Å². The van der Waals surface area contributed by atoms with E-state index >= 15 is 0 Å². The lowest BCUT2D eigenvalue weighted by Crippen LogP contribution is -2.32. The van der Waals surface area contributed by atoms with E-state index < -0.39 is 11.1 Å². The van der Waals surface area contributed by atoms with Crippen molar-refractivity contribution in [1.82, 2.24) is 4.90 Å². The third-order valence-electron chi connectivity index (χ3n) is 2.48. The van der Waals surface area contributed by atoms with E-state index in [0.717, 1.165) is 16.7 Å². The Morgan fingerprint density at radius 1 is 1.37 bits per heavy atom. The second-order valence-electron chi connectivity index (χ2n) is 4.03. The van der Waals surface area contributed by atoms with Gasteiger partial charge in [-0.25, -0.2) is 0 Å². The van der Waals surface area contributed by atoms with Crippen LogP contribution in [0.1, 0.15) is 12.5 Å². The maximum Gasteiger partial charge on any atom is 0.293 e. The summed E-state index contributed by atoms with van der Waals surface area (Å²) in [5.74, 6) is -0.736. The number of ketones is 1. The summed E-state index contributed by atoms with van der Waals surface area (Å²) in [4.78, 5) is 35.7. The van der Waals surface area contributed by atoms with Crippen molar-refractivity contribution in [1.29, 1.82) is 0 Å². The van der Waals surface area contributed by atoms with Gasteiger partial charge in [0.1, 0.15) is 11.5 Å². The number of carbonyl (C=O) groups excluding carboxylic acids is 3. The number of rotatable bonds is 3. The smallest absolute Gasteiger partial charge is 0.293 e. The van der Waals surface area contributed by atoms with Crippen molar-refractivity contribution in [2.24, 2.45) is 0 Å². The number of phenols is 1. The van der Waals surface area contributed by atoms with Crippen LogP contribution in [-0.4, -0.2) is 33.5 Å². The van der Waals surface area contributed by atoms with E-state index in [-0.39, 0.29) is 23.0 Å². The molecule has 1 aromatic rings. The fraction of sp³-hybridized carbons (Fsp3) is 0.154. The Morgan fingerprint density at radius 3 is 2.68 bits per heavy atom. The summed E-state index contributed by atoms with van der Waals surface area (Å²) in [5, 5.41) is 9.15. The van der Waals surface area contributed by atoms with Crippen molar-refractivity contribution >= 4 is 34.8 Å². The van der Waals surface area contributed by atoms with Gasteiger partial charge in [-0.3, -0.25) is 19.3 Å². The zero-order valence-electron chi connectivity index (χ0n) is 10.1. The molecule has 0 saturated carbocycles. The standard InChI is InChI=1S/C13H11NO4S/c1-8(15)7-14-12(17)11(19-13(14)18)6-9-4-2-3-5-10(9)16/h2-6,16H,7H2,1H3/b11-6-. The lowest BCUT2D eigenvalue weighted by atomic mass is 10.2. The first-order chi connectivity index (χ1) is 8.99. The lowest BCUT2D eigenvalue weighted by Gasteiger charge is -2.08. The molecule has 1 fully saturated rings. The Hall–Kier alpha value is -2.08. The molecule has 0 radical (unpaired) electrons. The van der Waals surface area contributed by atoms with Gasteiger partial charge in [0, 0.05) is 5.56 Å². The number of hydrogen-bond donors (Lipinski definition) is 1. The van der Waals surface area contributed by atoms with Crippen LogP contribution in [0, 0.1) is 0 Å². The van der Waals surface area contributed by atoms with Gasteiger partial charge >= 0.3 is 0 Å². The molecule has 1 aromatic carbocycles. The Balaban J connectivity index is 2.28. The lowest BCUT2D eigenvalue weighted by molar-refractivity contribution is -0.127. The first-order valence-corrected chi connectivity index (χ1v) is 6.33. The van der Waals surface area contributed by atoms with Crippen LogP contribution in [0.25, 0.3) is 6.08 Å². The van der Waals surface area contributed by atoms with Gasteiger partial charge in [-0.2, -0.15) is 0 Å². The summed E-state index contributed by atoms with van der Waals surface area (Å²) in [6.07, 6.45) is 1.44. The van der Waals surface area contributed by atoms with Gasteiger partial charge in [-0.1, -0.05) is 18.2 Å². The molecule has 0 atom stereocenters. The van der Waals surface area contributed by atoms with Crippen molar-refractivity contribution in [2.45, 2.75) is 6.92 Å². The summed E-state index contributed by atoms with van der Waals surface area (Å²) in [6, 6.07) is 6.50. The molecule has 0 spiro atoms. The van der Waals surface area contributed by atoms with E-state index in [0.29, 0.717) is 5.56 Å². The number of hydrogen-bond acceptors (Lipinski definition) is 5. The SMILES string of the molecule is CC(=O)CN1C(=O)S/C(=C\c2ccccc2O)C1=O. The highest BCUT2D eigenvalue weighted by Gasteiger charge is 2.35. The molecule has 2 amide bonds. The van der Waals surface area contributed by atoms with E-state index in [4.69, 9.17) is 0 Å². The number of benzene rings is 1. The van der Waals surface area contributed by atoms with E-state index in [1.54, 1.807) is 18.2 Å². The molecule has 6 heteroatoms. The summed E-state index contributed by atoms with van der Waals surface area (Å²) in [6.45, 7) is 1.10. The topological polar surface area (TPSA) is 74.7 Å². The minimum absolute atomic E-state index is 0.0286. The van der Waals surface area contributed by atoms with Crippen molar-refractivity contribution in [3.05, 3.63) is 34.7 Å². The van der Waals surface area contributed by atoms with Crippen molar-refractivity contribution in [2.75, 3.05) is 6.54 Å². The Morgan fingerprint density at radius 2 is 2.05 bits per heavy atom. The molecule has 0 unspecified atom stereocenters. The van der Waals surface area contributed by atoms with Crippen LogP contribution in [0.5, 0.6) is 5.75 Å². The molecule has 1 aliphatic heterocycles. The number of para-hydroxylation sites is 1. The molecule has 19 heavy (non-hydrogen) atoms. The van der Waals surface area contributed by atoms with Gasteiger partial charge in [0.15, 0.2) is 0 Å². The quantitative estimate of drug-likeness (QED) is 0.855. The largest absolute Gasteiger partial charge is 0.507 e. The number of Topliss-reactive ketones (excluding diaryl/α,β-unsaturated/α-hetero) is 1. The molecule has 1 heterocycles. The monoisotopic (exact) mass is 277 g/mol. The molecular weight excluding hydrogens is 266 g/mol. The third-order valence-corrected chi connectivity index (χ3v) is 3.39. The number of phenolic OH excluding ortho intramolecular Hbond substituents is 1. The van der Waals surface area contributed by atoms with E-state index in [2.05, 4.69) is 0 Å². The Bertz CT molecular complexity index is 594. The highest BCUT2D eigenvalue weighted by atomic mass is 32.2. The molecule has 1 saturated heterocycles. The van der Waals surface area contributed by atoms with Crippen molar-refractivity contribution in [3.63, 3.8) is 0 Å². The minimum Gasteiger partial charge on any atom is -0.507 e. The third kappa shape index (κ3) is 2.85. The number of amides is 2. The van der Waals surface area contributed by atoms with Gasteiger partial charge in [-0.05, 0) is 30.8 Å². The zero-order chi connectivity index (χ0) is 14.0. The molecule has 2 rings (SSSR count). The first kappa shape index (κ1) is 13.4. The number of nitrogens with zero attached hydrogens (tertiary/aromatic N) is 1. The maximum absolute atomic E-state index is 11.9. The molecule has 1 N–H and O–H groups in total. The van der Waals surface area contributed by atoms with Crippen LogP contribution >= 0.6 is 11.8 Å². The highest BCUT2D eigenvalue weighted by Crippen LogP contribution is 2.33. The second-order valence-corrected chi connectivity index (χ2v) is 5.02. The van der Waals surface area contributed by atoms with Crippen LogP contribution in [-0.2, 0) is 9.59 Å². The molecule has 0 aromatic heterocycles. The van der Waals surface area contributed by atoms with Crippen molar-refractivity contribution < 1.29 is 19.5 Å². The van der Waals surface area contributed by atoms with Gasteiger partial charge in [0.2, 0.25) is 0 Å². The average Bonchev–Trinajstić information content (AvgIpc) is 2.60. The fourth-order valence-corrected chi connectivity index (χ4v) is 2.44. The first-order valence-electron chi connectivity index (χ1n) is 5.52. The van der Waals surface area contributed by atoms with Gasteiger partial charge < -0.3 is 5.11 Å². The zero-order valence-corrected chi connectivity index (χ0v) is 10.9. The van der Waals surface area contributed by atoms with E-state index in [1.807, 2.05) is 0 Å². The van der Waals surface area contributed by atoms with Crippen LogP contribution in [0.4, 0.5) is 4.79 Å². The highest BCUT2D eigenvalue weighted by molar-refractivity contribution is 8.18. The number of imide groups is 1. The number of thioether (sulfide) groups is 1. The van der Waals surface area contributed by atoms with Crippen molar-refractivity contribution in [3.8, 4) is 5.75 Å². The molecule has 5 nitrogen and oxygen atoms in total. The molecule has 98 valence electrons.